The van der Waals surface area contributed by atoms with E-state index < -0.39 is 0 Å². The van der Waals surface area contributed by atoms with E-state index >= 15 is 0 Å². The molecular formula is C20H24N2O. The number of amides is 1. The maximum Gasteiger partial charge on any atom is 0.223 e. The molecule has 2 aromatic rings. The van der Waals surface area contributed by atoms with Crippen molar-refractivity contribution in [2.45, 2.75) is 50.1 Å². The van der Waals surface area contributed by atoms with Gasteiger partial charge in [0.2, 0.25) is 5.91 Å². The Balaban J connectivity index is 1.39. The smallest absolute Gasteiger partial charge is 0.223 e. The molecule has 0 bridgehead atoms. The van der Waals surface area contributed by atoms with Gasteiger partial charge in [0.15, 0.2) is 0 Å². The minimum Gasteiger partial charge on any atom is -0.353 e. The number of nitrogens with two attached hydrogens (primary N) is 1. The molecule has 0 aromatic heterocycles. The maximum atomic E-state index is 12.5. The average Bonchev–Trinajstić information content (AvgIpc) is 3.37. The first kappa shape index (κ1) is 14.7. The molecular weight excluding hydrogens is 284 g/mol. The Labute approximate surface area is 137 Å². The number of fused-ring (bicyclic) bond motifs is 1. The lowest BCUT2D eigenvalue weighted by Crippen LogP contribution is -2.41. The van der Waals surface area contributed by atoms with Crippen LogP contribution in [0, 0.1) is 5.92 Å². The van der Waals surface area contributed by atoms with Gasteiger partial charge >= 0.3 is 0 Å². The minimum absolute atomic E-state index is 0.159. The van der Waals surface area contributed by atoms with Crippen molar-refractivity contribution in [2.24, 2.45) is 11.7 Å². The molecule has 1 amide bonds. The number of carbonyl (C=O) groups excluding carboxylic acids is 1. The standard InChI is InChI=1S/C20H24N2O/c21-16-7-9-17(10-8-16)22-20(23)19-12-18(19)15-6-5-13-3-1-2-4-14(13)11-15/h1-6,11,16-19H,7-10,12,21H2,(H,22,23). The monoisotopic (exact) mass is 308 g/mol. The summed E-state index contributed by atoms with van der Waals surface area (Å²) in [4.78, 5) is 12.5. The Bertz CT molecular complexity index is 718. The molecule has 120 valence electrons. The number of hydrogen-bond acceptors (Lipinski definition) is 2. The van der Waals surface area contributed by atoms with Crippen LogP contribution < -0.4 is 11.1 Å². The van der Waals surface area contributed by atoms with E-state index in [1.807, 2.05) is 0 Å². The van der Waals surface area contributed by atoms with Crippen LogP contribution in [0.15, 0.2) is 42.5 Å². The van der Waals surface area contributed by atoms with Crippen LogP contribution in [0.5, 0.6) is 0 Å². The number of benzene rings is 2. The largest absolute Gasteiger partial charge is 0.353 e. The average molecular weight is 308 g/mol. The molecule has 3 heteroatoms. The predicted octanol–water partition coefficient (Wildman–Crippen LogP) is 3.33. The predicted molar refractivity (Wildman–Crippen MR) is 93.2 cm³/mol. The minimum atomic E-state index is 0.159. The van der Waals surface area contributed by atoms with Crippen LogP contribution in [0.4, 0.5) is 0 Å². The Kier molecular flexibility index (Phi) is 3.82. The van der Waals surface area contributed by atoms with Crippen LogP contribution in [0.3, 0.4) is 0 Å². The van der Waals surface area contributed by atoms with Crippen molar-refractivity contribution in [3.63, 3.8) is 0 Å². The first-order chi connectivity index (χ1) is 11.2. The molecule has 2 fully saturated rings. The van der Waals surface area contributed by atoms with Gasteiger partial charge in [0, 0.05) is 18.0 Å². The van der Waals surface area contributed by atoms with Crippen LogP contribution in [0.25, 0.3) is 10.8 Å². The van der Waals surface area contributed by atoms with Crippen molar-refractivity contribution < 1.29 is 4.79 Å². The lowest BCUT2D eigenvalue weighted by atomic mass is 9.91. The first-order valence-corrected chi connectivity index (χ1v) is 8.75. The van der Waals surface area contributed by atoms with Crippen LogP contribution in [-0.2, 0) is 4.79 Å². The molecule has 3 nitrogen and oxygen atoms in total. The van der Waals surface area contributed by atoms with E-state index in [1.54, 1.807) is 0 Å². The molecule has 0 aliphatic heterocycles. The molecule has 0 heterocycles. The lowest BCUT2D eigenvalue weighted by Gasteiger charge is -2.26. The van der Waals surface area contributed by atoms with Crippen LogP contribution >= 0.6 is 0 Å². The molecule has 2 aliphatic rings. The van der Waals surface area contributed by atoms with E-state index in [0.717, 1.165) is 32.1 Å². The van der Waals surface area contributed by atoms with Gasteiger partial charge in [-0.2, -0.15) is 0 Å². The fourth-order valence-electron chi connectivity index (χ4n) is 3.86. The highest BCUT2D eigenvalue weighted by Gasteiger charge is 2.44. The fourth-order valence-corrected chi connectivity index (χ4v) is 3.86. The van der Waals surface area contributed by atoms with Crippen molar-refractivity contribution in [3.8, 4) is 0 Å². The van der Waals surface area contributed by atoms with Crippen LogP contribution in [0.1, 0.15) is 43.6 Å². The van der Waals surface area contributed by atoms with Crippen molar-refractivity contribution in [1.29, 1.82) is 0 Å². The summed E-state index contributed by atoms with van der Waals surface area (Å²) in [5.74, 6) is 0.792. The highest BCUT2D eigenvalue weighted by Crippen LogP contribution is 2.48. The molecule has 2 unspecified atom stereocenters. The van der Waals surface area contributed by atoms with E-state index in [9.17, 15) is 4.79 Å². The van der Waals surface area contributed by atoms with Gasteiger partial charge in [-0.05, 0) is 54.4 Å². The molecule has 0 saturated heterocycles. The summed E-state index contributed by atoms with van der Waals surface area (Å²) in [6.45, 7) is 0. The highest BCUT2D eigenvalue weighted by molar-refractivity contribution is 5.86. The topological polar surface area (TPSA) is 55.1 Å². The van der Waals surface area contributed by atoms with Crippen molar-refractivity contribution in [3.05, 3.63) is 48.0 Å². The summed E-state index contributed by atoms with van der Waals surface area (Å²) in [5, 5.41) is 5.77. The van der Waals surface area contributed by atoms with E-state index in [4.69, 9.17) is 5.73 Å². The molecule has 0 radical (unpaired) electrons. The molecule has 0 spiro atoms. The van der Waals surface area contributed by atoms with E-state index in [1.165, 1.54) is 16.3 Å². The zero-order valence-corrected chi connectivity index (χ0v) is 13.4. The summed E-state index contributed by atoms with van der Waals surface area (Å²) in [6, 6.07) is 15.6. The van der Waals surface area contributed by atoms with Crippen molar-refractivity contribution in [1.82, 2.24) is 5.32 Å². The molecule has 23 heavy (non-hydrogen) atoms. The summed E-state index contributed by atoms with van der Waals surface area (Å²) < 4.78 is 0. The normalized spacial score (nSPS) is 30.1. The molecule has 4 rings (SSSR count). The molecule has 3 N–H and O–H groups in total. The molecule has 2 atom stereocenters. The third-order valence-corrected chi connectivity index (χ3v) is 5.45. The second-order valence-corrected chi connectivity index (χ2v) is 7.18. The maximum absolute atomic E-state index is 12.5. The zero-order valence-electron chi connectivity index (χ0n) is 13.4. The van der Waals surface area contributed by atoms with Crippen LogP contribution in [0.2, 0.25) is 0 Å². The third kappa shape index (κ3) is 3.11. The highest BCUT2D eigenvalue weighted by atomic mass is 16.2. The van der Waals surface area contributed by atoms with Gasteiger partial charge in [-0.3, -0.25) is 4.79 Å². The number of rotatable bonds is 3. The van der Waals surface area contributed by atoms with Gasteiger partial charge in [0.05, 0.1) is 0 Å². The van der Waals surface area contributed by atoms with Crippen LogP contribution in [-0.4, -0.2) is 18.0 Å². The van der Waals surface area contributed by atoms with Gasteiger partial charge < -0.3 is 11.1 Å². The van der Waals surface area contributed by atoms with E-state index in [-0.39, 0.29) is 11.8 Å². The number of carbonyl (C=O) groups is 1. The zero-order chi connectivity index (χ0) is 15.8. The van der Waals surface area contributed by atoms with Gasteiger partial charge in [-0.1, -0.05) is 42.5 Å². The van der Waals surface area contributed by atoms with Gasteiger partial charge in [0.1, 0.15) is 0 Å². The van der Waals surface area contributed by atoms with E-state index in [2.05, 4.69) is 47.8 Å². The lowest BCUT2D eigenvalue weighted by molar-refractivity contribution is -0.123. The van der Waals surface area contributed by atoms with Gasteiger partial charge in [0.25, 0.3) is 0 Å². The Hall–Kier alpha value is -1.87. The summed E-state index contributed by atoms with van der Waals surface area (Å²) in [7, 11) is 0. The summed E-state index contributed by atoms with van der Waals surface area (Å²) in [6.07, 6.45) is 5.10. The van der Waals surface area contributed by atoms with Crippen molar-refractivity contribution in [2.75, 3.05) is 0 Å². The second kappa shape index (κ2) is 5.97. The molecule has 2 aromatic carbocycles. The Morgan fingerprint density at radius 3 is 2.52 bits per heavy atom. The third-order valence-electron chi connectivity index (χ3n) is 5.45. The van der Waals surface area contributed by atoms with Crippen molar-refractivity contribution >= 4 is 16.7 Å². The van der Waals surface area contributed by atoms with Gasteiger partial charge in [-0.15, -0.1) is 0 Å². The SMILES string of the molecule is NC1CCC(NC(=O)C2CC2c2ccc3ccccc3c2)CC1. The van der Waals surface area contributed by atoms with E-state index in [0.29, 0.717) is 18.0 Å². The van der Waals surface area contributed by atoms with Gasteiger partial charge in [-0.25, -0.2) is 0 Å². The quantitative estimate of drug-likeness (QED) is 0.914. The number of nitrogens with one attached hydrogen (secondary N) is 1. The number of hydrogen-bond donors (Lipinski definition) is 2. The first-order valence-electron chi connectivity index (χ1n) is 8.75. The summed E-state index contributed by atoms with van der Waals surface area (Å²) in [5.41, 5.74) is 7.23. The summed E-state index contributed by atoms with van der Waals surface area (Å²) >= 11 is 0. The Morgan fingerprint density at radius 2 is 1.74 bits per heavy atom. The fraction of sp³-hybridized carbons (Fsp3) is 0.450. The second-order valence-electron chi connectivity index (χ2n) is 7.18. The molecule has 2 saturated carbocycles. The molecule has 2 aliphatic carbocycles. The Morgan fingerprint density at radius 1 is 1.00 bits per heavy atom.